The van der Waals surface area contributed by atoms with E-state index >= 15 is 0 Å². The summed E-state index contributed by atoms with van der Waals surface area (Å²) < 4.78 is 4.41. The molecule has 6 heteroatoms. The first kappa shape index (κ1) is 25.6. The Balaban J connectivity index is 0.00000276. The summed E-state index contributed by atoms with van der Waals surface area (Å²) in [7, 11) is 2.08. The summed E-state index contributed by atoms with van der Waals surface area (Å²) in [6.45, 7) is 0. The summed E-state index contributed by atoms with van der Waals surface area (Å²) >= 11 is 1.74. The third-order valence-electron chi connectivity index (χ3n) is 7.47. The van der Waals surface area contributed by atoms with E-state index < -0.39 is 0 Å². The minimum absolute atomic E-state index is 0. The van der Waals surface area contributed by atoms with Gasteiger partial charge in [-0.25, -0.2) is 0 Å². The van der Waals surface area contributed by atoms with Crippen LogP contribution in [0, 0.1) is 12.1 Å². The maximum atomic E-state index is 5.08. The van der Waals surface area contributed by atoms with Crippen LogP contribution in [-0.4, -0.2) is 19.1 Å². The van der Waals surface area contributed by atoms with E-state index in [4.69, 9.17) is 4.98 Å². The second-order valence-electron chi connectivity index (χ2n) is 9.83. The second kappa shape index (κ2) is 10.3. The number of benzene rings is 4. The SMILES string of the molecule is Cn1c(-c2[c-]c3c(cc2)c2ccccc2n3-c2[c-]c(-c3ccccn3)ccc2)nc2cc(-c3cccs3)ccc21.[Pt+2]. The van der Waals surface area contributed by atoms with Gasteiger partial charge in [-0.05, 0) is 63.6 Å². The molecule has 0 aliphatic rings. The molecule has 41 heavy (non-hydrogen) atoms. The van der Waals surface area contributed by atoms with Crippen LogP contribution < -0.4 is 0 Å². The number of thiophene rings is 1. The fourth-order valence-corrected chi connectivity index (χ4v) is 6.29. The third-order valence-corrected chi connectivity index (χ3v) is 8.39. The summed E-state index contributed by atoms with van der Waals surface area (Å²) in [5, 5.41) is 4.44. The second-order valence-corrected chi connectivity index (χ2v) is 10.8. The van der Waals surface area contributed by atoms with Crippen LogP contribution >= 0.6 is 11.3 Å². The Labute approximate surface area is 255 Å². The Kier molecular flexibility index (Phi) is 6.42. The van der Waals surface area contributed by atoms with Crippen molar-refractivity contribution in [1.82, 2.24) is 19.1 Å². The maximum Gasteiger partial charge on any atom is 2.00 e. The molecule has 0 N–H and O–H groups in total. The van der Waals surface area contributed by atoms with Gasteiger partial charge in [0.15, 0.2) is 0 Å². The van der Waals surface area contributed by atoms with Crippen molar-refractivity contribution in [1.29, 1.82) is 0 Å². The monoisotopic (exact) mass is 725 g/mol. The molecule has 0 aliphatic carbocycles. The molecule has 4 aromatic heterocycles. The van der Waals surface area contributed by atoms with Gasteiger partial charge in [-0.1, -0.05) is 47.9 Å². The van der Waals surface area contributed by atoms with Crippen LogP contribution in [0.2, 0.25) is 0 Å². The van der Waals surface area contributed by atoms with Gasteiger partial charge in [-0.2, -0.15) is 0 Å². The Morgan fingerprint density at radius 1 is 0.732 bits per heavy atom. The van der Waals surface area contributed by atoms with Gasteiger partial charge in [0.25, 0.3) is 0 Å². The van der Waals surface area contributed by atoms with Crippen LogP contribution in [0.1, 0.15) is 0 Å². The number of hydrogen-bond acceptors (Lipinski definition) is 3. The summed E-state index contributed by atoms with van der Waals surface area (Å²) in [6, 6.07) is 43.1. The van der Waals surface area contributed by atoms with Gasteiger partial charge in [-0.3, -0.25) is 4.98 Å². The fraction of sp³-hybridized carbons (Fsp3) is 0.0286. The van der Waals surface area contributed by atoms with Crippen molar-refractivity contribution in [2.24, 2.45) is 7.05 Å². The number of imidazole rings is 1. The molecular weight excluding hydrogens is 704 g/mol. The van der Waals surface area contributed by atoms with Crippen molar-refractivity contribution in [2.75, 3.05) is 0 Å². The van der Waals surface area contributed by atoms with E-state index in [1.807, 2.05) is 24.4 Å². The molecule has 0 bridgehead atoms. The third kappa shape index (κ3) is 4.24. The molecule has 198 valence electrons. The number of aromatic nitrogens is 4. The van der Waals surface area contributed by atoms with Gasteiger partial charge in [0.05, 0.1) is 16.9 Å². The predicted molar refractivity (Wildman–Crippen MR) is 165 cm³/mol. The van der Waals surface area contributed by atoms with E-state index in [1.165, 1.54) is 15.8 Å². The maximum absolute atomic E-state index is 5.08. The minimum atomic E-state index is 0. The smallest absolute Gasteiger partial charge is 0.367 e. The number of para-hydroxylation sites is 1. The van der Waals surface area contributed by atoms with Crippen LogP contribution in [0.4, 0.5) is 0 Å². The first-order valence-electron chi connectivity index (χ1n) is 13.1. The van der Waals surface area contributed by atoms with Gasteiger partial charge < -0.3 is 14.1 Å². The molecule has 0 amide bonds. The van der Waals surface area contributed by atoms with E-state index in [0.717, 1.165) is 55.8 Å². The zero-order chi connectivity index (χ0) is 26.6. The van der Waals surface area contributed by atoms with Crippen molar-refractivity contribution >= 4 is 44.2 Å². The number of rotatable bonds is 4. The molecule has 0 unspecified atom stereocenters. The molecule has 0 atom stereocenters. The first-order valence-corrected chi connectivity index (χ1v) is 14.0. The zero-order valence-corrected chi connectivity index (χ0v) is 25.1. The largest absolute Gasteiger partial charge is 2.00 e. The number of aryl methyl sites for hydroxylation is 1. The van der Waals surface area contributed by atoms with Gasteiger partial charge in [0, 0.05) is 23.6 Å². The number of fused-ring (bicyclic) bond motifs is 4. The topological polar surface area (TPSA) is 35.6 Å². The van der Waals surface area contributed by atoms with Crippen molar-refractivity contribution in [3.8, 4) is 38.8 Å². The van der Waals surface area contributed by atoms with E-state index in [1.54, 1.807) is 11.3 Å². The van der Waals surface area contributed by atoms with Gasteiger partial charge in [-0.15, -0.1) is 64.9 Å². The van der Waals surface area contributed by atoms with E-state index in [9.17, 15) is 0 Å². The minimum Gasteiger partial charge on any atom is -0.367 e. The van der Waals surface area contributed by atoms with Crippen molar-refractivity contribution in [2.45, 2.75) is 0 Å². The van der Waals surface area contributed by atoms with Crippen LogP contribution in [0.25, 0.3) is 71.6 Å². The van der Waals surface area contributed by atoms with E-state index in [-0.39, 0.29) is 21.1 Å². The fourth-order valence-electron chi connectivity index (χ4n) is 5.57. The zero-order valence-electron chi connectivity index (χ0n) is 22.0. The molecular formula is C35H22N4PtS. The number of nitrogens with zero attached hydrogens (tertiary/aromatic N) is 4. The molecule has 0 fully saturated rings. The summed E-state index contributed by atoms with van der Waals surface area (Å²) in [6.07, 6.45) is 1.82. The molecule has 0 saturated heterocycles. The summed E-state index contributed by atoms with van der Waals surface area (Å²) in [4.78, 5) is 10.9. The molecule has 4 aromatic carbocycles. The molecule has 4 nitrogen and oxygen atoms in total. The van der Waals surface area contributed by atoms with Crippen LogP contribution in [0.3, 0.4) is 0 Å². The standard InChI is InChI=1S/C35H22N4S.Pt/c1-38-32-17-15-24(34-13-7-19-40-34)21-30(32)37-35(38)25-14-16-28-27-10-2-3-12-31(27)39(33(28)22-25)26-9-6-8-23(20-26)29-11-4-5-18-36-29;/h2-19,21H,1H3;/q-2;+2. The van der Waals surface area contributed by atoms with Crippen LogP contribution in [-0.2, 0) is 28.1 Å². The number of pyridine rings is 1. The Morgan fingerprint density at radius 2 is 1.63 bits per heavy atom. The van der Waals surface area contributed by atoms with Gasteiger partial charge in [0.1, 0.15) is 0 Å². The van der Waals surface area contributed by atoms with Crippen molar-refractivity contribution in [3.05, 3.63) is 127 Å². The molecule has 0 spiro atoms. The van der Waals surface area contributed by atoms with Gasteiger partial charge in [0.2, 0.25) is 0 Å². The molecule has 8 rings (SSSR count). The quantitative estimate of drug-likeness (QED) is 0.170. The first-order chi connectivity index (χ1) is 19.7. The van der Waals surface area contributed by atoms with Gasteiger partial charge >= 0.3 is 21.1 Å². The Hall–Kier alpha value is -4.31. The average Bonchev–Trinajstić information content (AvgIpc) is 3.74. The molecule has 0 saturated carbocycles. The molecule has 8 aromatic rings. The van der Waals surface area contributed by atoms with E-state index in [0.29, 0.717) is 0 Å². The number of hydrogen-bond donors (Lipinski definition) is 0. The predicted octanol–water partition coefficient (Wildman–Crippen LogP) is 8.73. The Morgan fingerprint density at radius 3 is 2.49 bits per heavy atom. The molecule has 0 aliphatic heterocycles. The van der Waals surface area contributed by atoms with Crippen LogP contribution in [0.15, 0.2) is 115 Å². The molecule has 0 radical (unpaired) electrons. The van der Waals surface area contributed by atoms with Crippen LogP contribution in [0.5, 0.6) is 0 Å². The Bertz CT molecular complexity index is 2180. The van der Waals surface area contributed by atoms with Crippen molar-refractivity contribution in [3.63, 3.8) is 0 Å². The normalized spacial score (nSPS) is 11.3. The summed E-state index contributed by atoms with van der Waals surface area (Å²) in [5.74, 6) is 0.892. The molecule has 4 heterocycles. The average molecular weight is 726 g/mol. The van der Waals surface area contributed by atoms with E-state index in [2.05, 4.69) is 124 Å². The summed E-state index contributed by atoms with van der Waals surface area (Å²) in [5.41, 5.74) is 9.14. The van der Waals surface area contributed by atoms with Crippen molar-refractivity contribution < 1.29 is 21.1 Å².